The summed E-state index contributed by atoms with van der Waals surface area (Å²) >= 11 is 0. The van der Waals surface area contributed by atoms with Crippen LogP contribution in [0.3, 0.4) is 0 Å². The van der Waals surface area contributed by atoms with Gasteiger partial charge in [0.1, 0.15) is 35.7 Å². The van der Waals surface area contributed by atoms with Gasteiger partial charge in [0.25, 0.3) is 0 Å². The lowest BCUT2D eigenvalue weighted by molar-refractivity contribution is -0.150. The summed E-state index contributed by atoms with van der Waals surface area (Å²) in [4.78, 5) is 25.6. The molecule has 16 heteroatoms. The van der Waals surface area contributed by atoms with Crippen molar-refractivity contribution in [1.82, 2.24) is 24.6 Å². The Morgan fingerprint density at radius 3 is 2.75 bits per heavy atom. The average Bonchev–Trinajstić information content (AvgIpc) is 3.76. The molecule has 4 aromatic rings. The number of carbonyl (C=O) groups excluding carboxylic acids is 1. The minimum atomic E-state index is -4.39. The second-order valence-corrected chi connectivity index (χ2v) is 13.9. The number of nitrogens with one attached hydrogen (secondary N) is 1. The van der Waals surface area contributed by atoms with Crippen molar-refractivity contribution in [2.24, 2.45) is 0 Å². The van der Waals surface area contributed by atoms with Gasteiger partial charge >= 0.3 is 13.7 Å². The molecule has 1 aliphatic heterocycles. The first-order valence-electron chi connectivity index (χ1n) is 16.0. The van der Waals surface area contributed by atoms with Gasteiger partial charge in [-0.1, -0.05) is 36.4 Å². The molecule has 6 rings (SSSR count). The van der Waals surface area contributed by atoms with Crippen LogP contribution in [-0.4, -0.2) is 79.9 Å². The van der Waals surface area contributed by atoms with Crippen molar-refractivity contribution in [3.05, 3.63) is 48.8 Å². The van der Waals surface area contributed by atoms with E-state index in [9.17, 15) is 14.5 Å². The zero-order valence-corrected chi connectivity index (χ0v) is 27.8. The van der Waals surface area contributed by atoms with Gasteiger partial charge in [-0.05, 0) is 57.9 Å². The molecular formula is C32H40FN6O8P. The molecule has 1 aliphatic carbocycles. The van der Waals surface area contributed by atoms with E-state index in [1.807, 2.05) is 18.2 Å². The summed E-state index contributed by atoms with van der Waals surface area (Å²) in [5.41, 5.74) is 4.55. The van der Waals surface area contributed by atoms with Crippen LogP contribution in [0.1, 0.15) is 46.5 Å². The largest absolute Gasteiger partial charge is 0.476 e. The Labute approximate surface area is 276 Å². The minimum absolute atomic E-state index is 0.0442. The number of nitrogens with zero attached hydrogens (tertiary/aromatic N) is 4. The molecule has 2 fully saturated rings. The number of anilines is 1. The van der Waals surface area contributed by atoms with Crippen LogP contribution in [-0.2, 0) is 29.9 Å². The van der Waals surface area contributed by atoms with Crippen LogP contribution in [0.25, 0.3) is 21.9 Å². The van der Waals surface area contributed by atoms with Crippen LogP contribution in [0.4, 0.5) is 10.3 Å². The summed E-state index contributed by atoms with van der Waals surface area (Å²) in [7, 11) is -4.39. The third-order valence-corrected chi connectivity index (χ3v) is 10.3. The second kappa shape index (κ2) is 13.9. The van der Waals surface area contributed by atoms with Gasteiger partial charge in [-0.25, -0.2) is 13.9 Å². The molecular weight excluding hydrogens is 646 g/mol. The van der Waals surface area contributed by atoms with Gasteiger partial charge < -0.3 is 34.1 Å². The van der Waals surface area contributed by atoms with Crippen molar-refractivity contribution in [3.63, 3.8) is 0 Å². The first kappa shape index (κ1) is 34.0. The van der Waals surface area contributed by atoms with E-state index in [4.69, 9.17) is 29.0 Å². The summed E-state index contributed by atoms with van der Waals surface area (Å²) in [5, 5.41) is 15.4. The second-order valence-electron chi connectivity index (χ2n) is 12.2. The maximum absolute atomic E-state index is 15.8. The third kappa shape index (κ3) is 7.10. The minimum Gasteiger partial charge on any atom is -0.476 e. The predicted molar refractivity (Wildman–Crippen MR) is 174 cm³/mol. The highest BCUT2D eigenvalue weighted by Gasteiger charge is 2.54. The van der Waals surface area contributed by atoms with E-state index in [-0.39, 0.29) is 30.2 Å². The number of halogens is 1. The first-order valence-corrected chi connectivity index (χ1v) is 17.5. The highest BCUT2D eigenvalue weighted by molar-refractivity contribution is 7.52. The molecule has 6 atom stereocenters. The number of imidazole rings is 1. The Morgan fingerprint density at radius 2 is 1.98 bits per heavy atom. The maximum Gasteiger partial charge on any atom is 0.459 e. The van der Waals surface area contributed by atoms with E-state index in [1.54, 1.807) is 35.8 Å². The number of rotatable bonds is 13. The average molecular weight is 687 g/mol. The molecule has 1 unspecified atom stereocenters. The summed E-state index contributed by atoms with van der Waals surface area (Å²) < 4.78 is 60.6. The topological polar surface area (TPSA) is 182 Å². The summed E-state index contributed by atoms with van der Waals surface area (Å²) in [6.45, 7) is 4.28. The van der Waals surface area contributed by atoms with Crippen molar-refractivity contribution in [2.45, 2.75) is 89.1 Å². The van der Waals surface area contributed by atoms with Gasteiger partial charge in [-0.3, -0.25) is 9.32 Å². The molecule has 2 aliphatic rings. The number of hydrogen-bond acceptors (Lipinski definition) is 12. The van der Waals surface area contributed by atoms with Crippen LogP contribution in [0.15, 0.2) is 48.8 Å². The van der Waals surface area contributed by atoms with E-state index in [0.717, 1.165) is 31.1 Å². The van der Waals surface area contributed by atoms with E-state index < -0.39 is 50.3 Å². The molecule has 0 bridgehead atoms. The number of nitrogen functional groups attached to an aromatic ring is 1. The quantitative estimate of drug-likeness (QED) is 0.132. The number of carbonyl (C=O) groups is 1. The van der Waals surface area contributed by atoms with Crippen LogP contribution in [0.5, 0.6) is 11.6 Å². The Kier molecular flexibility index (Phi) is 9.86. The number of esters is 1. The van der Waals surface area contributed by atoms with Crippen LogP contribution >= 0.6 is 7.75 Å². The number of alkyl halides is 1. The Morgan fingerprint density at radius 1 is 1.23 bits per heavy atom. The highest BCUT2D eigenvalue weighted by atomic mass is 31.2. The number of hydrogen-bond donors (Lipinski definition) is 3. The van der Waals surface area contributed by atoms with Crippen molar-refractivity contribution >= 4 is 41.6 Å². The van der Waals surface area contributed by atoms with E-state index in [0.29, 0.717) is 23.2 Å². The molecule has 2 aromatic carbocycles. The van der Waals surface area contributed by atoms with Gasteiger partial charge in [-0.15, -0.1) is 0 Å². The molecule has 2 aromatic heterocycles. The molecule has 0 amide bonds. The number of ether oxygens (including phenoxy) is 3. The zero-order chi connectivity index (χ0) is 34.1. The molecule has 0 spiro atoms. The first-order chi connectivity index (χ1) is 23.0. The fourth-order valence-electron chi connectivity index (χ4n) is 6.04. The number of aliphatic hydroxyl groups is 1. The lowest BCUT2D eigenvalue weighted by atomic mass is 9.94. The van der Waals surface area contributed by atoms with Crippen molar-refractivity contribution < 1.29 is 42.1 Å². The summed E-state index contributed by atoms with van der Waals surface area (Å²) in [6.07, 6.45) is 0.291. The molecule has 4 N–H and O–H groups in total. The molecule has 14 nitrogen and oxygen atoms in total. The standard InChI is InChI=1S/C32H40FN6O8P/c1-4-43-29-26-28(36-31(34)37-29)39(18-35-26)16-25-32(3,41)27(33)24(46-25)17-44-48(42,38-19(2)30(40)45-21-12-6-7-13-21)47-23-15-9-11-20-10-5-8-14-22(20)23/h5,8-11,14-15,18-19,21,24-25,27,41H,4,6-7,12-13,16-17H2,1-3H3,(H,38,42)(H2,34,36,37)/t19-,24+,25-,27+,32-,48?/m0/s1. The van der Waals surface area contributed by atoms with Crippen molar-refractivity contribution in [2.75, 3.05) is 18.9 Å². The molecule has 48 heavy (non-hydrogen) atoms. The van der Waals surface area contributed by atoms with E-state index in [1.165, 1.54) is 20.2 Å². The van der Waals surface area contributed by atoms with Gasteiger partial charge in [0, 0.05) is 5.39 Å². The number of aromatic nitrogens is 4. The fraction of sp³-hybridized carbons (Fsp3) is 0.500. The van der Waals surface area contributed by atoms with Gasteiger partial charge in [-0.2, -0.15) is 15.1 Å². The molecule has 258 valence electrons. The summed E-state index contributed by atoms with van der Waals surface area (Å²) in [6, 6.07) is 11.5. The monoisotopic (exact) mass is 686 g/mol. The van der Waals surface area contributed by atoms with E-state index in [2.05, 4.69) is 20.0 Å². The molecule has 3 heterocycles. The Bertz CT molecular complexity index is 1810. The lowest BCUT2D eigenvalue weighted by Crippen LogP contribution is -2.45. The fourth-order valence-corrected chi connectivity index (χ4v) is 7.56. The Hall–Kier alpha value is -3.88. The van der Waals surface area contributed by atoms with Crippen LogP contribution in [0.2, 0.25) is 0 Å². The van der Waals surface area contributed by atoms with Gasteiger partial charge in [0.05, 0.1) is 26.1 Å². The lowest BCUT2D eigenvalue weighted by Gasteiger charge is -2.26. The van der Waals surface area contributed by atoms with Gasteiger partial charge in [0.2, 0.25) is 11.8 Å². The van der Waals surface area contributed by atoms with Crippen molar-refractivity contribution in [1.29, 1.82) is 0 Å². The normalized spacial score (nSPS) is 24.9. The summed E-state index contributed by atoms with van der Waals surface area (Å²) in [5.74, 6) is -0.227. The smallest absolute Gasteiger partial charge is 0.459 e. The third-order valence-electron chi connectivity index (χ3n) is 8.64. The molecule has 1 saturated carbocycles. The predicted octanol–water partition coefficient (Wildman–Crippen LogP) is 4.48. The van der Waals surface area contributed by atoms with E-state index >= 15 is 4.39 Å². The van der Waals surface area contributed by atoms with Crippen LogP contribution in [0, 0.1) is 0 Å². The van der Waals surface area contributed by atoms with Crippen molar-refractivity contribution in [3.8, 4) is 11.6 Å². The zero-order valence-electron chi connectivity index (χ0n) is 27.0. The van der Waals surface area contributed by atoms with Crippen LogP contribution < -0.4 is 20.1 Å². The SMILES string of the molecule is CCOc1nc(N)nc2c1ncn2C[C@@H]1O[C@H](COP(=O)(N[C@@H](C)C(=O)OC2CCCC2)Oc2cccc3ccccc23)[C@@H](F)[C@@]1(C)O. The molecule has 0 radical (unpaired) electrons. The number of benzene rings is 2. The van der Waals surface area contributed by atoms with Gasteiger partial charge in [0.15, 0.2) is 17.3 Å². The maximum atomic E-state index is 15.8. The number of nitrogens with two attached hydrogens (primary N) is 1. The highest BCUT2D eigenvalue weighted by Crippen LogP contribution is 2.48. The Balaban J connectivity index is 1.20. The molecule has 1 saturated heterocycles. The number of fused-ring (bicyclic) bond motifs is 2.